The van der Waals surface area contributed by atoms with Gasteiger partial charge in [0.1, 0.15) is 22.8 Å². The summed E-state index contributed by atoms with van der Waals surface area (Å²) in [7, 11) is 4.23. The van der Waals surface area contributed by atoms with E-state index < -0.39 is 17.8 Å². The van der Waals surface area contributed by atoms with Crippen molar-refractivity contribution >= 4 is 41.2 Å². The first-order valence-corrected chi connectivity index (χ1v) is 8.75. The van der Waals surface area contributed by atoms with Gasteiger partial charge in [0, 0.05) is 17.7 Å². The molecule has 0 unspecified atom stereocenters. The number of anilines is 1. The van der Waals surface area contributed by atoms with Crippen LogP contribution in [0.3, 0.4) is 0 Å². The monoisotopic (exact) mass is 416 g/mol. The summed E-state index contributed by atoms with van der Waals surface area (Å²) in [5.74, 6) is -0.787. The molecule has 1 aliphatic rings. The molecular weight excluding hydrogens is 400 g/mol. The molecule has 0 atom stereocenters. The predicted molar refractivity (Wildman–Crippen MR) is 107 cm³/mol. The lowest BCUT2D eigenvalue weighted by molar-refractivity contribution is -0.122. The number of carbonyl (C=O) groups is 3. The molecule has 2 aromatic carbocycles. The lowest BCUT2D eigenvalue weighted by Gasteiger charge is -2.28. The van der Waals surface area contributed by atoms with E-state index in [9.17, 15) is 14.4 Å². The molecule has 1 fully saturated rings. The zero-order valence-corrected chi connectivity index (χ0v) is 16.6. The molecular formula is C20H17ClN2O6. The first kappa shape index (κ1) is 20.2. The van der Waals surface area contributed by atoms with Gasteiger partial charge in [-0.3, -0.25) is 14.9 Å². The van der Waals surface area contributed by atoms with Gasteiger partial charge >= 0.3 is 6.03 Å². The molecule has 1 aliphatic heterocycles. The van der Waals surface area contributed by atoms with Gasteiger partial charge in [-0.25, -0.2) is 9.69 Å². The second-order valence-corrected chi connectivity index (χ2v) is 6.27. The number of para-hydroxylation sites is 1. The number of benzene rings is 2. The van der Waals surface area contributed by atoms with E-state index >= 15 is 0 Å². The normalized spacial score (nSPS) is 15.4. The molecule has 0 radical (unpaired) electrons. The topological polar surface area (TPSA) is 94.2 Å². The lowest BCUT2D eigenvalue weighted by atomic mass is 10.1. The van der Waals surface area contributed by atoms with Crippen LogP contribution in [-0.4, -0.2) is 39.2 Å². The van der Waals surface area contributed by atoms with Crippen molar-refractivity contribution in [3.8, 4) is 17.2 Å². The molecule has 1 saturated heterocycles. The van der Waals surface area contributed by atoms with Crippen LogP contribution in [0.5, 0.6) is 17.2 Å². The summed E-state index contributed by atoms with van der Waals surface area (Å²) in [5.41, 5.74) is 0.336. The number of imide groups is 2. The van der Waals surface area contributed by atoms with Crippen molar-refractivity contribution in [3.63, 3.8) is 0 Å². The minimum atomic E-state index is -0.917. The van der Waals surface area contributed by atoms with Crippen LogP contribution in [0.1, 0.15) is 5.56 Å². The number of amides is 4. The first-order valence-electron chi connectivity index (χ1n) is 8.37. The Bertz CT molecular complexity index is 1030. The van der Waals surface area contributed by atoms with E-state index in [2.05, 4.69) is 5.32 Å². The van der Waals surface area contributed by atoms with Gasteiger partial charge in [0.05, 0.1) is 32.0 Å². The highest BCUT2D eigenvalue weighted by molar-refractivity contribution is 6.39. The number of nitrogens with one attached hydrogen (secondary N) is 1. The van der Waals surface area contributed by atoms with Gasteiger partial charge in [-0.05, 0) is 12.1 Å². The number of hydrogen-bond acceptors (Lipinski definition) is 6. The highest BCUT2D eigenvalue weighted by atomic mass is 35.5. The number of carbonyl (C=O) groups excluding carboxylic acids is 3. The smallest absolute Gasteiger partial charge is 0.336 e. The molecule has 0 aromatic heterocycles. The third-order valence-corrected chi connectivity index (χ3v) is 4.53. The van der Waals surface area contributed by atoms with Gasteiger partial charge in [0.2, 0.25) is 0 Å². The van der Waals surface area contributed by atoms with Crippen molar-refractivity contribution in [2.24, 2.45) is 0 Å². The average molecular weight is 417 g/mol. The summed E-state index contributed by atoms with van der Waals surface area (Å²) < 4.78 is 15.7. The molecule has 0 aliphatic carbocycles. The highest BCUT2D eigenvalue weighted by Crippen LogP contribution is 2.39. The maximum Gasteiger partial charge on any atom is 0.336 e. The lowest BCUT2D eigenvalue weighted by Crippen LogP contribution is -2.54. The third kappa shape index (κ3) is 3.74. The van der Waals surface area contributed by atoms with E-state index in [1.54, 1.807) is 24.3 Å². The maximum atomic E-state index is 13.1. The largest absolute Gasteiger partial charge is 0.496 e. The van der Waals surface area contributed by atoms with Crippen molar-refractivity contribution in [3.05, 3.63) is 52.6 Å². The minimum absolute atomic E-state index is 0.0784. The number of urea groups is 1. The quantitative estimate of drug-likeness (QED) is 0.594. The fraction of sp³-hybridized carbons (Fsp3) is 0.150. The van der Waals surface area contributed by atoms with Crippen LogP contribution in [0.4, 0.5) is 10.5 Å². The van der Waals surface area contributed by atoms with Crippen molar-refractivity contribution < 1.29 is 28.6 Å². The Labute approximate surface area is 171 Å². The Hall–Kier alpha value is -3.52. The van der Waals surface area contributed by atoms with Crippen molar-refractivity contribution in [2.45, 2.75) is 0 Å². The molecule has 0 spiro atoms. The molecule has 2 aromatic rings. The van der Waals surface area contributed by atoms with Crippen LogP contribution in [0, 0.1) is 0 Å². The number of hydrogen-bond donors (Lipinski definition) is 1. The molecule has 29 heavy (non-hydrogen) atoms. The fourth-order valence-corrected chi connectivity index (χ4v) is 3.07. The van der Waals surface area contributed by atoms with Crippen LogP contribution in [0.15, 0.2) is 42.0 Å². The Morgan fingerprint density at radius 2 is 1.59 bits per heavy atom. The van der Waals surface area contributed by atoms with E-state index in [1.807, 2.05) is 0 Å². The molecule has 9 heteroatoms. The number of halogens is 1. The number of nitrogens with zero attached hydrogens (tertiary/aromatic N) is 1. The Morgan fingerprint density at radius 3 is 2.24 bits per heavy atom. The maximum absolute atomic E-state index is 13.1. The molecule has 8 nitrogen and oxygen atoms in total. The van der Waals surface area contributed by atoms with Crippen LogP contribution >= 0.6 is 11.6 Å². The first-order chi connectivity index (χ1) is 13.9. The van der Waals surface area contributed by atoms with Crippen molar-refractivity contribution in [1.29, 1.82) is 0 Å². The van der Waals surface area contributed by atoms with E-state index in [1.165, 1.54) is 39.5 Å². The summed E-state index contributed by atoms with van der Waals surface area (Å²) in [6.45, 7) is 0. The molecule has 0 bridgehead atoms. The molecule has 4 amide bonds. The molecule has 1 N–H and O–H groups in total. The number of rotatable bonds is 5. The highest BCUT2D eigenvalue weighted by Gasteiger charge is 2.38. The Morgan fingerprint density at radius 1 is 0.931 bits per heavy atom. The van der Waals surface area contributed by atoms with E-state index in [-0.39, 0.29) is 27.8 Å². The Balaban J connectivity index is 2.12. The predicted octanol–water partition coefficient (Wildman–Crippen LogP) is 3.03. The van der Waals surface area contributed by atoms with E-state index in [4.69, 9.17) is 25.8 Å². The SMILES string of the molecule is COc1cc(N2C(=O)NC(=O)/C(=C/c3ccccc3OC)C2=O)c(OC)cc1Cl. The van der Waals surface area contributed by atoms with Crippen LogP contribution < -0.4 is 24.4 Å². The van der Waals surface area contributed by atoms with Crippen molar-refractivity contribution in [2.75, 3.05) is 26.2 Å². The number of ether oxygens (including phenoxy) is 3. The van der Waals surface area contributed by atoms with E-state index in [0.717, 1.165) is 4.90 Å². The van der Waals surface area contributed by atoms with Crippen molar-refractivity contribution in [1.82, 2.24) is 5.32 Å². The fourth-order valence-electron chi connectivity index (χ4n) is 2.84. The molecule has 150 valence electrons. The van der Waals surface area contributed by atoms with Gasteiger partial charge in [0.15, 0.2) is 0 Å². The van der Waals surface area contributed by atoms with Gasteiger partial charge in [-0.15, -0.1) is 0 Å². The summed E-state index contributed by atoms with van der Waals surface area (Å²) in [6.07, 6.45) is 1.36. The van der Waals surface area contributed by atoms with Gasteiger partial charge in [-0.2, -0.15) is 0 Å². The van der Waals surface area contributed by atoms with E-state index in [0.29, 0.717) is 11.3 Å². The minimum Gasteiger partial charge on any atom is -0.496 e. The second-order valence-electron chi connectivity index (χ2n) is 5.86. The second kappa shape index (κ2) is 8.24. The van der Waals surface area contributed by atoms with Crippen LogP contribution in [0.2, 0.25) is 5.02 Å². The van der Waals surface area contributed by atoms with Gasteiger partial charge < -0.3 is 14.2 Å². The molecule has 1 heterocycles. The number of methoxy groups -OCH3 is 3. The summed E-state index contributed by atoms with van der Waals surface area (Å²) >= 11 is 6.10. The zero-order valence-electron chi connectivity index (χ0n) is 15.8. The zero-order chi connectivity index (χ0) is 21.1. The van der Waals surface area contributed by atoms with Crippen LogP contribution in [0.25, 0.3) is 6.08 Å². The molecule has 3 rings (SSSR count). The summed E-state index contributed by atoms with van der Waals surface area (Å²) in [5, 5.41) is 2.39. The molecule has 0 saturated carbocycles. The standard InChI is InChI=1S/C20H17ClN2O6/c1-27-15-7-5-4-6-11(15)8-12-18(24)22-20(26)23(19(12)25)14-10-16(28-2)13(21)9-17(14)29-3/h4-10H,1-3H3,(H,22,24,26)/b12-8-. The summed E-state index contributed by atoms with van der Waals surface area (Å²) in [6, 6.07) is 8.73. The summed E-state index contributed by atoms with van der Waals surface area (Å²) in [4.78, 5) is 38.7. The van der Waals surface area contributed by atoms with Gasteiger partial charge in [0.25, 0.3) is 11.8 Å². The van der Waals surface area contributed by atoms with Crippen LogP contribution in [-0.2, 0) is 9.59 Å². The number of barbiturate groups is 1. The average Bonchev–Trinajstić information content (AvgIpc) is 2.71. The third-order valence-electron chi connectivity index (χ3n) is 4.23. The van der Waals surface area contributed by atoms with Gasteiger partial charge in [-0.1, -0.05) is 29.8 Å². The Kier molecular flexibility index (Phi) is 5.74.